The molecule has 3 heteroatoms. The molecule has 0 radical (unpaired) electrons. The summed E-state index contributed by atoms with van der Waals surface area (Å²) in [4.78, 5) is 0. The van der Waals surface area contributed by atoms with E-state index in [4.69, 9.17) is 12.2 Å². The van der Waals surface area contributed by atoms with Crippen LogP contribution in [0.1, 0.15) is 35.7 Å². The molecular weight excluding hydrogens is 324 g/mol. The van der Waals surface area contributed by atoms with Gasteiger partial charge >= 0.3 is 0 Å². The van der Waals surface area contributed by atoms with Crippen LogP contribution in [0, 0.1) is 0 Å². The highest BCUT2D eigenvalue weighted by Crippen LogP contribution is 2.22. The predicted octanol–water partition coefficient (Wildman–Crippen LogP) is 5.00. The zero-order valence-electron chi connectivity index (χ0n) is 14.2. The third kappa shape index (κ3) is 4.68. The van der Waals surface area contributed by atoms with Crippen LogP contribution in [0.4, 0.5) is 0 Å². The summed E-state index contributed by atoms with van der Waals surface area (Å²) < 4.78 is 0. The topological polar surface area (TPSA) is 24.1 Å². The Kier molecular flexibility index (Phi) is 5.81. The van der Waals surface area contributed by atoms with Gasteiger partial charge in [0.15, 0.2) is 5.11 Å². The summed E-state index contributed by atoms with van der Waals surface area (Å²) in [7, 11) is 0. The van der Waals surface area contributed by atoms with Gasteiger partial charge in [-0.25, -0.2) is 0 Å². The summed E-state index contributed by atoms with van der Waals surface area (Å²) in [6.45, 7) is 2.11. The van der Waals surface area contributed by atoms with Crippen molar-refractivity contribution in [2.75, 3.05) is 0 Å². The molecule has 0 spiro atoms. The molecule has 0 bridgehead atoms. The number of rotatable bonds is 5. The molecule has 0 aliphatic carbocycles. The van der Waals surface area contributed by atoms with E-state index in [0.717, 1.165) is 0 Å². The average molecular weight is 346 g/mol. The van der Waals surface area contributed by atoms with Crippen LogP contribution in [0.25, 0.3) is 0 Å². The van der Waals surface area contributed by atoms with Crippen molar-refractivity contribution in [3.63, 3.8) is 0 Å². The molecule has 0 saturated carbocycles. The predicted molar refractivity (Wildman–Crippen MR) is 108 cm³/mol. The monoisotopic (exact) mass is 346 g/mol. The van der Waals surface area contributed by atoms with Crippen LogP contribution in [0.15, 0.2) is 91.0 Å². The molecule has 0 aromatic heterocycles. The largest absolute Gasteiger partial charge is 0.356 e. The maximum absolute atomic E-state index is 5.58. The molecule has 3 aromatic rings. The highest BCUT2D eigenvalue weighted by atomic mass is 32.1. The minimum Gasteiger partial charge on any atom is -0.356 e. The first-order valence-corrected chi connectivity index (χ1v) is 8.87. The lowest BCUT2D eigenvalue weighted by Gasteiger charge is -2.24. The summed E-state index contributed by atoms with van der Waals surface area (Å²) in [6, 6.07) is 31.2. The van der Waals surface area contributed by atoms with Crippen molar-refractivity contribution in [1.82, 2.24) is 10.6 Å². The van der Waals surface area contributed by atoms with Crippen molar-refractivity contribution >= 4 is 17.3 Å². The lowest BCUT2D eigenvalue weighted by molar-refractivity contribution is 0.673. The molecule has 25 heavy (non-hydrogen) atoms. The van der Waals surface area contributed by atoms with Gasteiger partial charge in [-0.2, -0.15) is 0 Å². The van der Waals surface area contributed by atoms with E-state index < -0.39 is 0 Å². The zero-order valence-corrected chi connectivity index (χ0v) is 15.0. The van der Waals surface area contributed by atoms with Crippen LogP contribution in [-0.2, 0) is 0 Å². The van der Waals surface area contributed by atoms with Crippen LogP contribution in [0.2, 0.25) is 0 Å². The third-order valence-electron chi connectivity index (χ3n) is 4.19. The second-order valence-electron chi connectivity index (χ2n) is 6.00. The quantitative estimate of drug-likeness (QED) is 0.636. The van der Waals surface area contributed by atoms with E-state index in [1.807, 2.05) is 30.3 Å². The minimum absolute atomic E-state index is 0.0189. The highest BCUT2D eigenvalue weighted by molar-refractivity contribution is 7.80. The Morgan fingerprint density at radius 1 is 0.640 bits per heavy atom. The Morgan fingerprint density at radius 2 is 1.04 bits per heavy atom. The molecule has 3 rings (SSSR count). The fourth-order valence-corrected chi connectivity index (χ4v) is 3.14. The maximum Gasteiger partial charge on any atom is 0.167 e. The van der Waals surface area contributed by atoms with E-state index in [1.165, 1.54) is 16.7 Å². The lowest BCUT2D eigenvalue weighted by atomic mass is 9.99. The Morgan fingerprint density at radius 3 is 1.48 bits per heavy atom. The van der Waals surface area contributed by atoms with Crippen molar-refractivity contribution in [2.45, 2.75) is 19.0 Å². The minimum atomic E-state index is 0.0189. The molecule has 2 N–H and O–H groups in total. The van der Waals surface area contributed by atoms with E-state index in [0.29, 0.717) is 5.11 Å². The summed E-state index contributed by atoms with van der Waals surface area (Å²) in [5.41, 5.74) is 3.58. The lowest BCUT2D eigenvalue weighted by Crippen LogP contribution is -2.39. The maximum atomic E-state index is 5.58. The standard InChI is InChI=1S/C22H22N2S/c1-17(18-11-5-2-6-12-18)23-22(25)24-21(19-13-7-3-8-14-19)20-15-9-4-10-16-20/h2-17,21H,1H3,(H2,23,24,25). The number of thiocarbonyl (C=S) groups is 1. The first-order valence-electron chi connectivity index (χ1n) is 8.46. The molecular formula is C22H22N2S. The van der Waals surface area contributed by atoms with E-state index in [-0.39, 0.29) is 12.1 Å². The number of hydrogen-bond donors (Lipinski definition) is 2. The third-order valence-corrected chi connectivity index (χ3v) is 4.42. The molecule has 0 aliphatic heterocycles. The van der Waals surface area contributed by atoms with Crippen LogP contribution in [0.5, 0.6) is 0 Å². The SMILES string of the molecule is CC(NC(=S)NC(c1ccccc1)c1ccccc1)c1ccccc1. The molecule has 0 saturated heterocycles. The first-order chi connectivity index (χ1) is 12.2. The Bertz CT molecular complexity index is 749. The molecule has 2 nitrogen and oxygen atoms in total. The van der Waals surface area contributed by atoms with Crippen molar-refractivity contribution in [1.29, 1.82) is 0 Å². The summed E-state index contributed by atoms with van der Waals surface area (Å²) in [6.07, 6.45) is 0. The van der Waals surface area contributed by atoms with Gasteiger partial charge in [-0.3, -0.25) is 0 Å². The van der Waals surface area contributed by atoms with Crippen molar-refractivity contribution in [2.24, 2.45) is 0 Å². The molecule has 126 valence electrons. The van der Waals surface area contributed by atoms with Crippen LogP contribution >= 0.6 is 12.2 Å². The van der Waals surface area contributed by atoms with Crippen LogP contribution < -0.4 is 10.6 Å². The van der Waals surface area contributed by atoms with Crippen LogP contribution in [-0.4, -0.2) is 5.11 Å². The van der Waals surface area contributed by atoms with Gasteiger partial charge in [-0.15, -0.1) is 0 Å². The second-order valence-corrected chi connectivity index (χ2v) is 6.41. The van der Waals surface area contributed by atoms with E-state index in [9.17, 15) is 0 Å². The fraction of sp³-hybridized carbons (Fsp3) is 0.136. The molecule has 3 aromatic carbocycles. The first kappa shape index (κ1) is 17.2. The van der Waals surface area contributed by atoms with Gasteiger partial charge in [0.25, 0.3) is 0 Å². The van der Waals surface area contributed by atoms with E-state index in [1.54, 1.807) is 0 Å². The molecule has 1 unspecified atom stereocenters. The van der Waals surface area contributed by atoms with E-state index >= 15 is 0 Å². The smallest absolute Gasteiger partial charge is 0.167 e. The van der Waals surface area contributed by atoms with Gasteiger partial charge in [-0.1, -0.05) is 91.0 Å². The normalized spacial score (nSPS) is 11.8. The van der Waals surface area contributed by atoms with Gasteiger partial charge in [0.2, 0.25) is 0 Å². The molecule has 0 heterocycles. The van der Waals surface area contributed by atoms with E-state index in [2.05, 4.69) is 78.2 Å². The number of nitrogens with one attached hydrogen (secondary N) is 2. The van der Waals surface area contributed by atoms with Gasteiger partial charge in [0.05, 0.1) is 12.1 Å². The number of hydrogen-bond acceptors (Lipinski definition) is 1. The van der Waals surface area contributed by atoms with Crippen LogP contribution in [0.3, 0.4) is 0 Å². The molecule has 1 atom stereocenters. The summed E-state index contributed by atoms with van der Waals surface area (Å²) in [5.74, 6) is 0. The Labute approximate surface area is 154 Å². The van der Waals surface area contributed by atoms with Crippen molar-refractivity contribution < 1.29 is 0 Å². The van der Waals surface area contributed by atoms with Gasteiger partial charge in [0.1, 0.15) is 0 Å². The fourth-order valence-electron chi connectivity index (χ4n) is 2.84. The average Bonchev–Trinajstić information content (AvgIpc) is 2.68. The van der Waals surface area contributed by atoms with Gasteiger partial charge in [0, 0.05) is 0 Å². The summed E-state index contributed by atoms with van der Waals surface area (Å²) in [5, 5.41) is 7.50. The van der Waals surface area contributed by atoms with Crippen molar-refractivity contribution in [3.8, 4) is 0 Å². The zero-order chi connectivity index (χ0) is 17.5. The molecule has 0 amide bonds. The van der Waals surface area contributed by atoms with Gasteiger partial charge < -0.3 is 10.6 Å². The van der Waals surface area contributed by atoms with Crippen molar-refractivity contribution in [3.05, 3.63) is 108 Å². The Hall–Kier alpha value is -2.65. The molecule has 0 aliphatic rings. The Balaban J connectivity index is 1.75. The number of benzene rings is 3. The van der Waals surface area contributed by atoms with Gasteiger partial charge in [-0.05, 0) is 35.8 Å². The molecule has 0 fully saturated rings. The summed E-state index contributed by atoms with van der Waals surface area (Å²) >= 11 is 5.58. The second kappa shape index (κ2) is 8.45. The highest BCUT2D eigenvalue weighted by Gasteiger charge is 2.16.